The first kappa shape index (κ1) is 15.6. The zero-order valence-electron chi connectivity index (χ0n) is 13.9. The van der Waals surface area contributed by atoms with Gasteiger partial charge in [0.1, 0.15) is 5.69 Å². The van der Waals surface area contributed by atoms with Gasteiger partial charge < -0.3 is 19.1 Å². The molecule has 122 valence electrons. The first-order valence-corrected chi connectivity index (χ1v) is 8.26. The van der Waals surface area contributed by atoms with E-state index < -0.39 is 0 Å². The summed E-state index contributed by atoms with van der Waals surface area (Å²) in [6.45, 7) is 6.10. The molecule has 0 spiro atoms. The molecule has 0 unspecified atom stereocenters. The average molecular weight is 305 g/mol. The van der Waals surface area contributed by atoms with Gasteiger partial charge in [-0.15, -0.1) is 0 Å². The number of rotatable bonds is 5. The van der Waals surface area contributed by atoms with Crippen molar-refractivity contribution in [3.8, 4) is 0 Å². The molecule has 0 aromatic carbocycles. The zero-order chi connectivity index (χ0) is 15.7. The van der Waals surface area contributed by atoms with E-state index >= 15 is 0 Å². The van der Waals surface area contributed by atoms with Crippen LogP contribution in [0.1, 0.15) is 29.0 Å². The number of ether oxygens (including phenoxy) is 1. The molecule has 2 fully saturated rings. The van der Waals surface area contributed by atoms with E-state index in [4.69, 9.17) is 4.74 Å². The second kappa shape index (κ2) is 6.42. The largest absolute Gasteiger partial charge is 0.373 e. The van der Waals surface area contributed by atoms with Gasteiger partial charge in [-0.3, -0.25) is 4.79 Å². The number of carbonyl (C=O) groups is 1. The summed E-state index contributed by atoms with van der Waals surface area (Å²) in [5.41, 5.74) is 1.88. The van der Waals surface area contributed by atoms with Gasteiger partial charge in [0.2, 0.25) is 0 Å². The van der Waals surface area contributed by atoms with Gasteiger partial charge in [-0.1, -0.05) is 0 Å². The molecule has 1 amide bonds. The van der Waals surface area contributed by atoms with Crippen LogP contribution in [0.25, 0.3) is 0 Å². The van der Waals surface area contributed by atoms with Crippen molar-refractivity contribution in [1.29, 1.82) is 0 Å². The highest BCUT2D eigenvalue weighted by Gasteiger charge is 2.29. The molecule has 5 heteroatoms. The lowest BCUT2D eigenvalue weighted by molar-refractivity contribution is -0.0336. The van der Waals surface area contributed by atoms with Crippen LogP contribution in [0.15, 0.2) is 12.1 Å². The molecule has 2 aliphatic rings. The van der Waals surface area contributed by atoms with Crippen LogP contribution in [0.2, 0.25) is 0 Å². The van der Waals surface area contributed by atoms with Gasteiger partial charge in [0, 0.05) is 38.9 Å². The Balaban J connectivity index is 1.57. The molecule has 1 aliphatic carbocycles. The number of likely N-dealkylation sites (N-methyl/N-ethyl adjacent to an activating group) is 1. The highest BCUT2D eigenvalue weighted by molar-refractivity contribution is 5.93. The number of aryl methyl sites for hydroxylation is 1. The Morgan fingerprint density at radius 2 is 2.14 bits per heavy atom. The molecular formula is C17H27N3O2. The van der Waals surface area contributed by atoms with Crippen molar-refractivity contribution in [3.63, 3.8) is 0 Å². The topological polar surface area (TPSA) is 37.7 Å². The Morgan fingerprint density at radius 3 is 2.77 bits per heavy atom. The molecule has 0 N–H and O–H groups in total. The lowest BCUT2D eigenvalue weighted by atomic mass is 10.2. The molecule has 1 aliphatic heterocycles. The van der Waals surface area contributed by atoms with Gasteiger partial charge >= 0.3 is 0 Å². The van der Waals surface area contributed by atoms with Crippen LogP contribution >= 0.6 is 0 Å². The molecular weight excluding hydrogens is 278 g/mol. The molecule has 1 saturated carbocycles. The van der Waals surface area contributed by atoms with E-state index in [0.29, 0.717) is 19.7 Å². The molecule has 1 atom stereocenters. The van der Waals surface area contributed by atoms with Crippen LogP contribution in [0.3, 0.4) is 0 Å². The molecule has 1 aromatic rings. The summed E-state index contributed by atoms with van der Waals surface area (Å²) in [5.74, 6) is 1.01. The number of hydrogen-bond acceptors (Lipinski definition) is 3. The van der Waals surface area contributed by atoms with Crippen LogP contribution in [0, 0.1) is 12.8 Å². The number of amides is 1. The highest BCUT2D eigenvalue weighted by atomic mass is 16.5. The summed E-state index contributed by atoms with van der Waals surface area (Å²) in [5, 5.41) is 0. The van der Waals surface area contributed by atoms with Crippen molar-refractivity contribution in [3.05, 3.63) is 23.5 Å². The minimum atomic E-state index is 0.119. The Morgan fingerprint density at radius 1 is 1.36 bits per heavy atom. The summed E-state index contributed by atoms with van der Waals surface area (Å²) in [4.78, 5) is 17.0. The number of carbonyl (C=O) groups excluding carboxylic acids is 1. The van der Waals surface area contributed by atoms with Gasteiger partial charge in [-0.2, -0.15) is 0 Å². The maximum atomic E-state index is 12.7. The second-order valence-electron chi connectivity index (χ2n) is 6.83. The molecule has 2 heterocycles. The van der Waals surface area contributed by atoms with Crippen molar-refractivity contribution in [1.82, 2.24) is 14.4 Å². The Bertz CT molecular complexity index is 536. The van der Waals surface area contributed by atoms with E-state index in [2.05, 4.69) is 11.9 Å². The van der Waals surface area contributed by atoms with E-state index in [1.807, 2.05) is 35.6 Å². The number of morpholine rings is 1. The van der Waals surface area contributed by atoms with Crippen molar-refractivity contribution in [2.45, 2.75) is 25.9 Å². The molecule has 22 heavy (non-hydrogen) atoms. The van der Waals surface area contributed by atoms with Gasteiger partial charge in [-0.05, 0) is 44.9 Å². The maximum absolute atomic E-state index is 12.7. The smallest absolute Gasteiger partial charge is 0.270 e. The third kappa shape index (κ3) is 3.52. The minimum Gasteiger partial charge on any atom is -0.373 e. The predicted molar refractivity (Wildman–Crippen MR) is 86.0 cm³/mol. The summed E-state index contributed by atoms with van der Waals surface area (Å²) in [7, 11) is 4.10. The monoisotopic (exact) mass is 305 g/mol. The van der Waals surface area contributed by atoms with Gasteiger partial charge in [0.25, 0.3) is 5.91 Å². The Labute approximate surface area is 132 Å². The summed E-state index contributed by atoms with van der Waals surface area (Å²) < 4.78 is 7.82. The molecule has 1 aromatic heterocycles. The van der Waals surface area contributed by atoms with E-state index in [1.54, 1.807) is 0 Å². The molecule has 5 nitrogen and oxygen atoms in total. The van der Waals surface area contributed by atoms with E-state index in [0.717, 1.165) is 30.4 Å². The third-order valence-corrected chi connectivity index (χ3v) is 4.80. The van der Waals surface area contributed by atoms with Crippen LogP contribution in [-0.2, 0) is 11.8 Å². The molecule has 0 radical (unpaired) electrons. The maximum Gasteiger partial charge on any atom is 0.270 e. The fourth-order valence-electron chi connectivity index (χ4n) is 3.17. The fourth-order valence-corrected chi connectivity index (χ4v) is 3.17. The fraction of sp³-hybridized carbons (Fsp3) is 0.706. The summed E-state index contributed by atoms with van der Waals surface area (Å²) in [6, 6.07) is 3.91. The molecule has 3 rings (SSSR count). The number of hydrogen-bond donors (Lipinski definition) is 0. The van der Waals surface area contributed by atoms with Gasteiger partial charge in [0.15, 0.2) is 0 Å². The van der Waals surface area contributed by atoms with E-state index in [-0.39, 0.29) is 12.0 Å². The number of nitrogens with zero attached hydrogens (tertiary/aromatic N) is 3. The van der Waals surface area contributed by atoms with Crippen molar-refractivity contribution >= 4 is 5.91 Å². The Kier molecular flexibility index (Phi) is 4.54. The van der Waals surface area contributed by atoms with Crippen molar-refractivity contribution < 1.29 is 9.53 Å². The van der Waals surface area contributed by atoms with Gasteiger partial charge in [-0.25, -0.2) is 0 Å². The Hall–Kier alpha value is -1.33. The van der Waals surface area contributed by atoms with Crippen LogP contribution < -0.4 is 0 Å². The summed E-state index contributed by atoms with van der Waals surface area (Å²) in [6.07, 6.45) is 2.86. The predicted octanol–water partition coefficient (Wildman–Crippen LogP) is 1.52. The third-order valence-electron chi connectivity index (χ3n) is 4.80. The zero-order valence-corrected chi connectivity index (χ0v) is 13.9. The lowest BCUT2D eigenvalue weighted by Crippen LogP contribution is -2.49. The van der Waals surface area contributed by atoms with Crippen molar-refractivity contribution in [2.75, 3.05) is 39.8 Å². The highest BCUT2D eigenvalue weighted by Crippen LogP contribution is 2.29. The van der Waals surface area contributed by atoms with Gasteiger partial charge in [0.05, 0.1) is 12.7 Å². The van der Waals surface area contributed by atoms with E-state index in [9.17, 15) is 4.79 Å². The standard InChI is InChI=1S/C17H27N3O2/c1-13-4-7-16(19(13)3)17(21)20-8-9-22-15(12-20)11-18(2)10-14-5-6-14/h4,7,14-15H,5-6,8-12H2,1-3H3/t15-/m0/s1. The molecule has 0 bridgehead atoms. The minimum absolute atomic E-state index is 0.119. The quantitative estimate of drug-likeness (QED) is 0.828. The number of aromatic nitrogens is 1. The first-order valence-electron chi connectivity index (χ1n) is 8.26. The van der Waals surface area contributed by atoms with Crippen LogP contribution in [0.5, 0.6) is 0 Å². The molecule has 1 saturated heterocycles. The van der Waals surface area contributed by atoms with E-state index in [1.165, 1.54) is 12.8 Å². The van der Waals surface area contributed by atoms with Crippen LogP contribution in [-0.4, -0.2) is 66.2 Å². The second-order valence-corrected chi connectivity index (χ2v) is 6.83. The normalized spacial score (nSPS) is 22.4. The lowest BCUT2D eigenvalue weighted by Gasteiger charge is -2.35. The van der Waals surface area contributed by atoms with Crippen molar-refractivity contribution in [2.24, 2.45) is 13.0 Å². The van der Waals surface area contributed by atoms with Crippen LogP contribution in [0.4, 0.5) is 0 Å². The average Bonchev–Trinajstić information content (AvgIpc) is 3.24. The first-order chi connectivity index (χ1) is 10.5. The summed E-state index contributed by atoms with van der Waals surface area (Å²) >= 11 is 0. The SMILES string of the molecule is Cc1ccc(C(=O)N2CCO[C@@H](CN(C)CC3CC3)C2)n1C.